The summed E-state index contributed by atoms with van der Waals surface area (Å²) in [6, 6.07) is 0. The summed E-state index contributed by atoms with van der Waals surface area (Å²) in [4.78, 5) is 37.2. The van der Waals surface area contributed by atoms with Crippen LogP contribution >= 0.6 is 0 Å². The predicted molar refractivity (Wildman–Crippen MR) is 132 cm³/mol. The number of hydrogen-bond donors (Lipinski definition) is 6. The van der Waals surface area contributed by atoms with Crippen LogP contribution in [0.3, 0.4) is 0 Å². The summed E-state index contributed by atoms with van der Waals surface area (Å²) >= 11 is -4.38. The lowest BCUT2D eigenvalue weighted by Crippen LogP contribution is -2.51. The molecule has 6 N–H and O–H groups in total. The van der Waals surface area contributed by atoms with Crippen molar-refractivity contribution in [2.75, 3.05) is 0 Å². The summed E-state index contributed by atoms with van der Waals surface area (Å²) < 4.78 is 14.3. The number of carbonyl (C=O) groups excluding carboxylic acids is 3. The molecule has 0 aromatic carbocycles. The van der Waals surface area contributed by atoms with Gasteiger partial charge in [0.2, 0.25) is 0 Å². The van der Waals surface area contributed by atoms with Crippen molar-refractivity contribution in [2.45, 2.75) is 117 Å². The SMILES string of the molecule is CC(C)CCCC(O)(O)C(=O)[O][Al]([O]C(=O)C(O)(O)CCCC(C)C)[O]C(=O)C(O)(O)CCCC(C)C. The van der Waals surface area contributed by atoms with Gasteiger partial charge in [-0.15, -0.1) is 0 Å². The van der Waals surface area contributed by atoms with Crippen LogP contribution in [0.15, 0.2) is 0 Å². The Bertz CT molecular complexity index is 623. The lowest BCUT2D eigenvalue weighted by Gasteiger charge is -2.26. The van der Waals surface area contributed by atoms with E-state index in [-0.39, 0.29) is 37.0 Å². The van der Waals surface area contributed by atoms with Crippen molar-refractivity contribution in [3.05, 3.63) is 0 Å². The standard InChI is InChI=1S/3C8H16O4.Al/c3*1-6(2)4-3-5-8(11,12)7(9)10;/h3*6,11-12H,3-5H2,1-2H3,(H,9,10);/q;;;+3/p-3. The molecule has 0 heterocycles. The molecule has 0 saturated heterocycles. The lowest BCUT2D eigenvalue weighted by atomic mass is 10.0. The van der Waals surface area contributed by atoms with Gasteiger partial charge in [-0.3, -0.25) is 0 Å². The normalized spacial score (nSPS) is 12.7. The Hall–Kier alpha value is -1.30. The molecule has 0 rings (SSSR count). The fourth-order valence-corrected chi connectivity index (χ4v) is 4.43. The minimum absolute atomic E-state index is 0.215. The van der Waals surface area contributed by atoms with Crippen LogP contribution < -0.4 is 0 Å². The smallest absolute Gasteiger partial charge is 0.547 e. The number of hydrogen-bond acceptors (Lipinski definition) is 12. The van der Waals surface area contributed by atoms with Crippen molar-refractivity contribution in [3.63, 3.8) is 0 Å². The Kier molecular flexibility index (Phi) is 15.4. The van der Waals surface area contributed by atoms with E-state index < -0.39 is 69.7 Å². The van der Waals surface area contributed by atoms with E-state index in [1.807, 2.05) is 41.5 Å². The molecule has 0 radical (unpaired) electrons. The van der Waals surface area contributed by atoms with Gasteiger partial charge in [-0.05, 0) is 37.0 Å². The number of carbonyl (C=O) groups is 3. The summed E-state index contributed by atoms with van der Waals surface area (Å²) in [6.45, 7) is 11.4. The minimum Gasteiger partial charge on any atom is -0.547 e. The van der Waals surface area contributed by atoms with Gasteiger partial charge in [-0.25, -0.2) is 14.4 Å². The van der Waals surface area contributed by atoms with Gasteiger partial charge in [0.05, 0.1) is 0 Å². The number of rotatable bonds is 18. The molecule has 13 heteroatoms. The first-order valence-electron chi connectivity index (χ1n) is 12.8. The van der Waals surface area contributed by atoms with Gasteiger partial charge in [-0.2, -0.15) is 0 Å². The highest BCUT2D eigenvalue weighted by molar-refractivity contribution is 6.44. The molecule has 0 saturated carbocycles. The highest BCUT2D eigenvalue weighted by Crippen LogP contribution is 2.21. The van der Waals surface area contributed by atoms with Crippen LogP contribution in [-0.4, -0.2) is 81.1 Å². The van der Waals surface area contributed by atoms with Crippen LogP contribution in [0.25, 0.3) is 0 Å². The van der Waals surface area contributed by atoms with Crippen molar-refractivity contribution >= 4 is 33.1 Å². The molecule has 0 atom stereocenters. The third-order valence-electron chi connectivity index (χ3n) is 5.51. The van der Waals surface area contributed by atoms with Crippen molar-refractivity contribution in [1.82, 2.24) is 0 Å². The predicted octanol–water partition coefficient (Wildman–Crippen LogP) is 1.12. The maximum atomic E-state index is 12.4. The Balaban J connectivity index is 5.55. The fraction of sp³-hybridized carbons (Fsp3) is 0.875. The first-order chi connectivity index (χ1) is 16.8. The zero-order valence-electron chi connectivity index (χ0n) is 22.8. The first kappa shape index (κ1) is 35.7. The highest BCUT2D eigenvalue weighted by atomic mass is 27.3. The van der Waals surface area contributed by atoms with Crippen LogP contribution in [0, 0.1) is 17.8 Å². The van der Waals surface area contributed by atoms with E-state index in [0.717, 1.165) is 0 Å². The molecule has 0 aliphatic carbocycles. The highest BCUT2D eigenvalue weighted by Gasteiger charge is 2.57. The maximum Gasteiger partial charge on any atom is 1.20 e. The van der Waals surface area contributed by atoms with Crippen LogP contribution in [0.4, 0.5) is 0 Å². The van der Waals surface area contributed by atoms with Crippen molar-refractivity contribution < 1.29 is 56.4 Å². The van der Waals surface area contributed by atoms with E-state index in [1.54, 1.807) is 0 Å². The van der Waals surface area contributed by atoms with Crippen LogP contribution in [0.5, 0.6) is 0 Å². The van der Waals surface area contributed by atoms with E-state index >= 15 is 0 Å². The van der Waals surface area contributed by atoms with E-state index in [2.05, 4.69) is 0 Å². The molecular weight excluding hydrogens is 507 g/mol. The maximum absolute atomic E-state index is 12.4. The molecule has 0 amide bonds. The van der Waals surface area contributed by atoms with Crippen molar-refractivity contribution in [1.29, 1.82) is 0 Å². The summed E-state index contributed by atoms with van der Waals surface area (Å²) in [5.41, 5.74) is 0. The topological polar surface area (TPSA) is 200 Å². The second-order valence-corrected chi connectivity index (χ2v) is 12.1. The molecule has 0 aliphatic rings. The summed E-state index contributed by atoms with van der Waals surface area (Å²) in [7, 11) is 0. The molecule has 0 bridgehead atoms. The van der Waals surface area contributed by atoms with E-state index in [1.165, 1.54) is 0 Å². The molecule has 0 unspecified atom stereocenters. The Morgan fingerprint density at radius 2 is 0.757 bits per heavy atom. The Morgan fingerprint density at radius 1 is 0.541 bits per heavy atom. The molecule has 0 aromatic heterocycles. The number of aliphatic hydroxyl groups is 6. The average Bonchev–Trinajstić information content (AvgIpc) is 2.72. The zero-order chi connectivity index (χ0) is 29.0. The summed E-state index contributed by atoms with van der Waals surface area (Å²) in [5.74, 6) is -13.5. The van der Waals surface area contributed by atoms with Crippen molar-refractivity contribution in [3.8, 4) is 0 Å². The largest absolute Gasteiger partial charge is 1.20 e. The van der Waals surface area contributed by atoms with E-state index in [9.17, 15) is 45.0 Å². The van der Waals surface area contributed by atoms with Gasteiger partial charge in [0.25, 0.3) is 17.4 Å². The molecule has 0 aromatic rings. The minimum atomic E-state index is -4.38. The van der Waals surface area contributed by atoms with E-state index in [4.69, 9.17) is 11.4 Å². The summed E-state index contributed by atoms with van der Waals surface area (Å²) in [6.07, 6.45) is 1.04. The van der Waals surface area contributed by atoms with Crippen molar-refractivity contribution in [2.24, 2.45) is 17.8 Å². The van der Waals surface area contributed by atoms with Gasteiger partial charge in [0.15, 0.2) is 0 Å². The van der Waals surface area contributed by atoms with Gasteiger partial charge in [0.1, 0.15) is 0 Å². The van der Waals surface area contributed by atoms with Gasteiger partial charge >= 0.3 is 33.1 Å². The zero-order valence-corrected chi connectivity index (χ0v) is 24.0. The van der Waals surface area contributed by atoms with Crippen LogP contribution in [0.2, 0.25) is 0 Å². The second kappa shape index (κ2) is 16.0. The van der Waals surface area contributed by atoms with E-state index in [0.29, 0.717) is 19.3 Å². The fourth-order valence-electron chi connectivity index (χ4n) is 3.19. The average molecular weight is 553 g/mol. The van der Waals surface area contributed by atoms with Crippen LogP contribution in [-0.2, 0) is 25.7 Å². The lowest BCUT2D eigenvalue weighted by molar-refractivity contribution is -0.218. The molecule has 37 heavy (non-hydrogen) atoms. The summed E-state index contributed by atoms with van der Waals surface area (Å²) in [5, 5.41) is 60.6. The second-order valence-electron chi connectivity index (χ2n) is 10.8. The van der Waals surface area contributed by atoms with Gasteiger partial charge in [0, 0.05) is 19.3 Å². The molecule has 0 spiro atoms. The van der Waals surface area contributed by atoms with Crippen LogP contribution in [0.1, 0.15) is 99.3 Å². The molecule has 12 nitrogen and oxygen atoms in total. The molecule has 0 aliphatic heterocycles. The molecular formula is C24H45AlO12. The molecule has 0 fully saturated rings. The molecule has 216 valence electrons. The monoisotopic (exact) mass is 552 g/mol. The Labute approximate surface area is 223 Å². The first-order valence-corrected chi connectivity index (χ1v) is 14.2. The van der Waals surface area contributed by atoms with Gasteiger partial charge in [-0.1, -0.05) is 60.8 Å². The Morgan fingerprint density at radius 3 is 0.946 bits per heavy atom. The third-order valence-corrected chi connectivity index (χ3v) is 6.73. The third kappa shape index (κ3) is 15.0. The quantitative estimate of drug-likeness (QED) is 0.105. The van der Waals surface area contributed by atoms with Gasteiger partial charge < -0.3 is 42.0 Å².